The molecule has 10 heteroatoms. The normalized spacial score (nSPS) is 14.1. The van der Waals surface area contributed by atoms with Crippen LogP contribution in [0.3, 0.4) is 0 Å². The van der Waals surface area contributed by atoms with Gasteiger partial charge in [-0.2, -0.15) is 10.2 Å². The maximum atomic E-state index is 13.0. The van der Waals surface area contributed by atoms with E-state index < -0.39 is 0 Å². The molecule has 1 saturated carbocycles. The summed E-state index contributed by atoms with van der Waals surface area (Å²) in [4.78, 5) is 29.9. The van der Waals surface area contributed by atoms with E-state index in [0.29, 0.717) is 28.7 Å². The smallest absolute Gasteiger partial charge is 0.293 e. The van der Waals surface area contributed by atoms with Gasteiger partial charge < -0.3 is 5.32 Å². The van der Waals surface area contributed by atoms with Crippen molar-refractivity contribution >= 4 is 22.9 Å². The lowest BCUT2D eigenvalue weighted by molar-refractivity contribution is -0.117. The summed E-state index contributed by atoms with van der Waals surface area (Å²) < 4.78 is 4.44. The van der Waals surface area contributed by atoms with E-state index in [4.69, 9.17) is 0 Å². The highest BCUT2D eigenvalue weighted by molar-refractivity contribution is 5.89. The van der Waals surface area contributed by atoms with Crippen molar-refractivity contribution in [3.05, 3.63) is 52.0 Å². The minimum absolute atomic E-state index is 0.0444. The Morgan fingerprint density at radius 3 is 2.77 bits per heavy atom. The molecule has 1 fully saturated rings. The molecule has 1 aliphatic carbocycles. The molecule has 0 atom stereocenters. The summed E-state index contributed by atoms with van der Waals surface area (Å²) in [5.41, 5.74) is 2.58. The van der Waals surface area contributed by atoms with E-state index in [1.54, 1.807) is 27.4 Å². The van der Waals surface area contributed by atoms with Crippen molar-refractivity contribution < 1.29 is 4.79 Å². The van der Waals surface area contributed by atoms with Gasteiger partial charge in [0.15, 0.2) is 17.3 Å². The van der Waals surface area contributed by atoms with Crippen LogP contribution in [0.4, 0.5) is 5.82 Å². The molecule has 4 aromatic heterocycles. The maximum Gasteiger partial charge on any atom is 0.293 e. The average molecular weight is 406 g/mol. The van der Waals surface area contributed by atoms with Gasteiger partial charge in [0, 0.05) is 11.8 Å². The topological polar surface area (TPSA) is 111 Å². The van der Waals surface area contributed by atoms with E-state index in [-0.39, 0.29) is 23.9 Å². The first-order valence-electron chi connectivity index (χ1n) is 10.0. The van der Waals surface area contributed by atoms with Crippen molar-refractivity contribution in [3.8, 4) is 0 Å². The number of rotatable bonds is 5. The van der Waals surface area contributed by atoms with Crippen molar-refractivity contribution in [1.82, 2.24) is 34.0 Å². The van der Waals surface area contributed by atoms with Gasteiger partial charge in [0.25, 0.3) is 5.56 Å². The lowest BCUT2D eigenvalue weighted by Crippen LogP contribution is -2.32. The van der Waals surface area contributed by atoms with E-state index in [1.807, 2.05) is 26.8 Å². The number of imidazole rings is 1. The number of nitrogens with one attached hydrogen (secondary N) is 1. The van der Waals surface area contributed by atoms with Crippen molar-refractivity contribution in [2.45, 2.75) is 52.0 Å². The van der Waals surface area contributed by atoms with Gasteiger partial charge >= 0.3 is 0 Å². The Morgan fingerprint density at radius 1 is 1.23 bits per heavy atom. The lowest BCUT2D eigenvalue weighted by Gasteiger charge is -2.11. The van der Waals surface area contributed by atoms with Crippen molar-refractivity contribution in [2.24, 2.45) is 0 Å². The number of nitrogens with zero attached hydrogens (tertiary/aromatic N) is 7. The molecule has 0 saturated heterocycles. The largest absolute Gasteiger partial charge is 0.308 e. The second kappa shape index (κ2) is 6.75. The maximum absolute atomic E-state index is 13.0. The molecule has 1 aliphatic rings. The molecule has 0 unspecified atom stereocenters. The summed E-state index contributed by atoms with van der Waals surface area (Å²) in [7, 11) is 0. The van der Waals surface area contributed by atoms with Crippen LogP contribution in [0.15, 0.2) is 29.2 Å². The summed E-state index contributed by atoms with van der Waals surface area (Å²) in [6.45, 7) is 5.64. The number of anilines is 1. The first-order valence-corrected chi connectivity index (χ1v) is 10.0. The minimum atomic E-state index is -0.380. The van der Waals surface area contributed by atoms with Crippen LogP contribution in [0.25, 0.3) is 11.2 Å². The predicted molar refractivity (Wildman–Crippen MR) is 110 cm³/mol. The van der Waals surface area contributed by atoms with Gasteiger partial charge in [-0.15, -0.1) is 5.10 Å². The molecule has 0 aromatic carbocycles. The Morgan fingerprint density at radius 2 is 2.03 bits per heavy atom. The van der Waals surface area contributed by atoms with Gasteiger partial charge in [-0.05, 0) is 38.0 Å². The average Bonchev–Trinajstić information content (AvgIpc) is 3.33. The molecule has 4 aromatic rings. The number of fused-ring (bicyclic) bond motifs is 2. The van der Waals surface area contributed by atoms with Crippen LogP contribution >= 0.6 is 0 Å². The Bertz CT molecular complexity index is 1340. The lowest BCUT2D eigenvalue weighted by atomic mass is 10.2. The Kier molecular flexibility index (Phi) is 4.16. The van der Waals surface area contributed by atoms with E-state index in [0.717, 1.165) is 24.2 Å². The van der Waals surface area contributed by atoms with Gasteiger partial charge in [0.1, 0.15) is 12.1 Å². The number of carbonyl (C=O) groups excluding carboxylic acids is 1. The van der Waals surface area contributed by atoms with Gasteiger partial charge in [0.05, 0.1) is 17.6 Å². The molecule has 1 amide bonds. The number of carbonyl (C=O) groups is 1. The number of hydrogen-bond acceptors (Lipinski definition) is 6. The van der Waals surface area contributed by atoms with E-state index in [2.05, 4.69) is 25.6 Å². The number of aryl methyl sites for hydroxylation is 1. The second-order valence-electron chi connectivity index (χ2n) is 8.07. The molecule has 4 heterocycles. The van der Waals surface area contributed by atoms with Crippen LogP contribution < -0.4 is 10.9 Å². The second-order valence-corrected chi connectivity index (χ2v) is 8.07. The highest BCUT2D eigenvalue weighted by Gasteiger charge is 2.28. The zero-order chi connectivity index (χ0) is 21.0. The molecule has 0 aliphatic heterocycles. The van der Waals surface area contributed by atoms with E-state index in [1.165, 1.54) is 4.68 Å². The van der Waals surface area contributed by atoms with Gasteiger partial charge in [0.2, 0.25) is 5.91 Å². The van der Waals surface area contributed by atoms with Crippen molar-refractivity contribution in [2.75, 3.05) is 5.32 Å². The summed E-state index contributed by atoms with van der Waals surface area (Å²) in [5.74, 6) is 1.12. The van der Waals surface area contributed by atoms with Crippen molar-refractivity contribution in [1.29, 1.82) is 0 Å². The zero-order valence-corrected chi connectivity index (χ0v) is 17.0. The van der Waals surface area contributed by atoms with Crippen molar-refractivity contribution in [3.63, 3.8) is 0 Å². The molecule has 154 valence electrons. The van der Waals surface area contributed by atoms with Crippen LogP contribution in [0.2, 0.25) is 0 Å². The third kappa shape index (κ3) is 3.23. The van der Waals surface area contributed by atoms with Crippen LogP contribution in [-0.4, -0.2) is 39.9 Å². The van der Waals surface area contributed by atoms with Crippen LogP contribution in [0.5, 0.6) is 0 Å². The first-order chi connectivity index (χ1) is 14.4. The quantitative estimate of drug-likeness (QED) is 0.542. The molecular weight excluding hydrogens is 384 g/mol. The molecule has 30 heavy (non-hydrogen) atoms. The summed E-state index contributed by atoms with van der Waals surface area (Å²) in [6, 6.07) is 5.28. The van der Waals surface area contributed by atoms with Crippen LogP contribution in [-0.2, 0) is 11.3 Å². The number of aromatic nitrogens is 7. The number of hydrogen-bond donors (Lipinski definition) is 1. The van der Waals surface area contributed by atoms with Crippen LogP contribution in [0.1, 0.15) is 55.7 Å². The fourth-order valence-electron chi connectivity index (χ4n) is 3.50. The molecular formula is C20H22N8O2. The molecule has 0 bridgehead atoms. The molecule has 0 radical (unpaired) electrons. The third-order valence-corrected chi connectivity index (χ3v) is 5.14. The minimum Gasteiger partial charge on any atom is -0.308 e. The molecule has 1 N–H and O–H groups in total. The van der Waals surface area contributed by atoms with Gasteiger partial charge in [-0.25, -0.2) is 18.7 Å². The zero-order valence-electron chi connectivity index (χ0n) is 17.0. The van der Waals surface area contributed by atoms with E-state index in [9.17, 15) is 9.59 Å². The monoisotopic (exact) mass is 406 g/mol. The summed E-state index contributed by atoms with van der Waals surface area (Å²) >= 11 is 0. The Hall–Kier alpha value is -3.56. The fraction of sp³-hybridized carbons (Fsp3) is 0.400. The Labute approximate surface area is 171 Å². The molecule has 5 rings (SSSR count). The summed E-state index contributed by atoms with van der Waals surface area (Å²) in [5, 5.41) is 16.1. The summed E-state index contributed by atoms with van der Waals surface area (Å²) in [6.07, 6.45) is 3.97. The van der Waals surface area contributed by atoms with Gasteiger partial charge in [-0.3, -0.25) is 9.59 Å². The predicted octanol–water partition coefficient (Wildman–Crippen LogP) is 1.88. The SMILES string of the molecule is Cc1cn2nc(NC(=O)Cn3nc(C(C)C)n4nc(C5CC5)cc4c3=O)ccc2n1. The fourth-order valence-corrected chi connectivity index (χ4v) is 3.50. The number of amides is 1. The first kappa shape index (κ1) is 18.5. The van der Waals surface area contributed by atoms with E-state index >= 15 is 0 Å². The molecule has 0 spiro atoms. The Balaban J connectivity index is 1.45. The highest BCUT2D eigenvalue weighted by atomic mass is 16.2. The molecule has 10 nitrogen and oxygen atoms in total. The van der Waals surface area contributed by atoms with Gasteiger partial charge in [-0.1, -0.05) is 13.8 Å². The van der Waals surface area contributed by atoms with Crippen LogP contribution in [0, 0.1) is 6.92 Å². The third-order valence-electron chi connectivity index (χ3n) is 5.14. The standard InChI is InChI=1S/C20H22N8O2/c1-11(2)19-25-27(20(30)15-8-14(13-4-5-13)23-28(15)19)10-18(29)22-16-6-7-17-21-12(3)9-26(17)24-16/h6-9,11,13H,4-5,10H2,1-3H3,(H,22,24,29). The highest BCUT2D eigenvalue weighted by Crippen LogP contribution is 2.39.